The number of carbonyl (C=O) groups is 1. The lowest BCUT2D eigenvalue weighted by Gasteiger charge is -2.09. The number of hydrogen-bond acceptors (Lipinski definition) is 3. The molecular formula is C16H20N2O2S. The first kappa shape index (κ1) is 15.4. The minimum atomic E-state index is -0.124. The maximum Gasteiger partial charge on any atom is 0.314 e. The molecule has 0 atom stereocenters. The molecule has 0 aliphatic heterocycles. The summed E-state index contributed by atoms with van der Waals surface area (Å²) in [5.41, 5.74) is 1.10. The summed E-state index contributed by atoms with van der Waals surface area (Å²) in [5, 5.41) is 7.77. The number of methoxy groups -OCH3 is 1. The third-order valence-corrected chi connectivity index (χ3v) is 4.05. The van der Waals surface area contributed by atoms with Crippen LogP contribution in [0.4, 0.5) is 4.79 Å². The maximum atomic E-state index is 11.7. The molecule has 0 radical (unpaired) electrons. The van der Waals surface area contributed by atoms with E-state index in [4.69, 9.17) is 4.74 Å². The fraction of sp³-hybridized carbons (Fsp3) is 0.312. The summed E-state index contributed by atoms with van der Waals surface area (Å²) in [6.07, 6.45) is 1.62. The van der Waals surface area contributed by atoms with Gasteiger partial charge < -0.3 is 15.4 Å². The number of ether oxygens (including phenoxy) is 1. The van der Waals surface area contributed by atoms with E-state index < -0.39 is 0 Å². The van der Waals surface area contributed by atoms with Crippen LogP contribution < -0.4 is 15.4 Å². The van der Waals surface area contributed by atoms with E-state index in [0.29, 0.717) is 13.1 Å². The third kappa shape index (κ3) is 5.11. The van der Waals surface area contributed by atoms with Crippen molar-refractivity contribution in [2.75, 3.05) is 20.2 Å². The number of nitrogens with one attached hydrogen (secondary N) is 2. The summed E-state index contributed by atoms with van der Waals surface area (Å²) in [4.78, 5) is 12.9. The Bertz CT molecular complexity index is 555. The molecule has 5 heteroatoms. The lowest BCUT2D eigenvalue weighted by atomic mass is 10.1. The van der Waals surface area contributed by atoms with E-state index in [-0.39, 0.29) is 6.03 Å². The molecule has 0 saturated carbocycles. The number of benzene rings is 1. The van der Waals surface area contributed by atoms with Crippen LogP contribution in [0.2, 0.25) is 0 Å². The molecule has 1 aromatic heterocycles. The molecule has 2 amide bonds. The quantitative estimate of drug-likeness (QED) is 0.826. The summed E-state index contributed by atoms with van der Waals surface area (Å²) in [7, 11) is 1.66. The van der Waals surface area contributed by atoms with E-state index in [0.717, 1.165) is 24.2 Å². The molecule has 112 valence electrons. The van der Waals surface area contributed by atoms with Crippen LogP contribution >= 0.6 is 11.3 Å². The van der Waals surface area contributed by atoms with E-state index in [9.17, 15) is 4.79 Å². The van der Waals surface area contributed by atoms with Gasteiger partial charge in [-0.25, -0.2) is 4.79 Å². The molecule has 0 saturated heterocycles. The fourth-order valence-electron chi connectivity index (χ4n) is 2.04. The summed E-state index contributed by atoms with van der Waals surface area (Å²) in [6.45, 7) is 1.24. The summed E-state index contributed by atoms with van der Waals surface area (Å²) in [5.74, 6) is 0.859. The minimum Gasteiger partial charge on any atom is -0.496 e. The predicted octanol–water partition coefficient (Wildman–Crippen LogP) is 2.84. The second-order valence-electron chi connectivity index (χ2n) is 4.57. The second-order valence-corrected chi connectivity index (χ2v) is 5.61. The van der Waals surface area contributed by atoms with Gasteiger partial charge in [-0.2, -0.15) is 0 Å². The van der Waals surface area contributed by atoms with Gasteiger partial charge in [-0.3, -0.25) is 0 Å². The maximum absolute atomic E-state index is 11.7. The Morgan fingerprint density at radius 2 is 1.86 bits per heavy atom. The van der Waals surface area contributed by atoms with Crippen LogP contribution in [0.25, 0.3) is 0 Å². The molecule has 0 aliphatic rings. The van der Waals surface area contributed by atoms with Gasteiger partial charge in [0.2, 0.25) is 0 Å². The third-order valence-electron chi connectivity index (χ3n) is 3.11. The van der Waals surface area contributed by atoms with Gasteiger partial charge >= 0.3 is 6.03 Å². The Labute approximate surface area is 129 Å². The zero-order valence-corrected chi connectivity index (χ0v) is 12.9. The van der Waals surface area contributed by atoms with Crippen LogP contribution in [-0.2, 0) is 12.8 Å². The first-order valence-corrected chi connectivity index (χ1v) is 7.83. The van der Waals surface area contributed by atoms with Crippen LogP contribution in [0, 0.1) is 0 Å². The van der Waals surface area contributed by atoms with Gasteiger partial charge in [-0.15, -0.1) is 11.3 Å². The van der Waals surface area contributed by atoms with Crippen LogP contribution in [0.5, 0.6) is 5.75 Å². The van der Waals surface area contributed by atoms with Crippen molar-refractivity contribution in [3.05, 3.63) is 52.2 Å². The SMILES string of the molecule is COc1ccccc1CCNC(=O)NCCc1cccs1. The standard InChI is InChI=1S/C16H20N2O2S/c1-20-15-7-3-2-5-13(15)8-10-17-16(19)18-11-9-14-6-4-12-21-14/h2-7,12H,8-11H2,1H3,(H2,17,18,19). The first-order chi connectivity index (χ1) is 10.3. The largest absolute Gasteiger partial charge is 0.496 e. The highest BCUT2D eigenvalue weighted by molar-refractivity contribution is 7.09. The van der Waals surface area contributed by atoms with E-state index in [1.807, 2.05) is 35.7 Å². The number of para-hydroxylation sites is 1. The number of rotatable bonds is 7. The van der Waals surface area contributed by atoms with Crippen LogP contribution in [0.3, 0.4) is 0 Å². The molecule has 0 spiro atoms. The Morgan fingerprint density at radius 3 is 2.57 bits per heavy atom. The molecule has 21 heavy (non-hydrogen) atoms. The monoisotopic (exact) mass is 304 g/mol. The molecule has 0 unspecified atom stereocenters. The first-order valence-electron chi connectivity index (χ1n) is 6.95. The molecule has 0 aliphatic carbocycles. The Morgan fingerprint density at radius 1 is 1.10 bits per heavy atom. The molecule has 0 bridgehead atoms. The lowest BCUT2D eigenvalue weighted by Crippen LogP contribution is -2.37. The molecule has 2 rings (SSSR count). The predicted molar refractivity (Wildman–Crippen MR) is 86.1 cm³/mol. The van der Waals surface area contributed by atoms with Crippen molar-refractivity contribution in [2.45, 2.75) is 12.8 Å². The van der Waals surface area contributed by atoms with Gasteiger partial charge in [0.1, 0.15) is 5.75 Å². The van der Waals surface area contributed by atoms with Gasteiger partial charge in [-0.05, 0) is 35.9 Å². The van der Waals surface area contributed by atoms with Crippen molar-refractivity contribution in [1.29, 1.82) is 0 Å². The second kappa shape index (κ2) is 8.32. The minimum absolute atomic E-state index is 0.124. The van der Waals surface area contributed by atoms with Crippen LogP contribution in [0.15, 0.2) is 41.8 Å². The molecule has 2 aromatic rings. The summed E-state index contributed by atoms with van der Waals surface area (Å²) >= 11 is 1.71. The zero-order chi connectivity index (χ0) is 14.9. The van der Waals surface area contributed by atoms with Gasteiger partial charge in [0.25, 0.3) is 0 Å². The van der Waals surface area contributed by atoms with Crippen molar-refractivity contribution in [2.24, 2.45) is 0 Å². The number of thiophene rings is 1. The Hall–Kier alpha value is -2.01. The van der Waals surface area contributed by atoms with E-state index in [2.05, 4.69) is 16.7 Å². The average Bonchev–Trinajstić information content (AvgIpc) is 3.01. The van der Waals surface area contributed by atoms with Crippen molar-refractivity contribution >= 4 is 17.4 Å². The molecule has 4 nitrogen and oxygen atoms in total. The van der Waals surface area contributed by atoms with Crippen LogP contribution in [0.1, 0.15) is 10.4 Å². The van der Waals surface area contributed by atoms with Gasteiger partial charge in [0, 0.05) is 18.0 Å². The number of urea groups is 1. The van der Waals surface area contributed by atoms with Gasteiger partial charge in [-0.1, -0.05) is 24.3 Å². The Balaban J connectivity index is 1.65. The molecule has 0 fully saturated rings. The van der Waals surface area contributed by atoms with Crippen molar-refractivity contribution < 1.29 is 9.53 Å². The lowest BCUT2D eigenvalue weighted by molar-refractivity contribution is 0.241. The summed E-state index contributed by atoms with van der Waals surface area (Å²) < 4.78 is 5.28. The normalized spacial score (nSPS) is 10.1. The molecule has 1 aromatic carbocycles. The smallest absolute Gasteiger partial charge is 0.314 e. The fourth-order valence-corrected chi connectivity index (χ4v) is 2.75. The average molecular weight is 304 g/mol. The van der Waals surface area contributed by atoms with Crippen LogP contribution in [-0.4, -0.2) is 26.2 Å². The Kier molecular flexibility index (Phi) is 6.09. The number of amides is 2. The van der Waals surface area contributed by atoms with Crippen molar-refractivity contribution in [1.82, 2.24) is 10.6 Å². The van der Waals surface area contributed by atoms with Crippen molar-refractivity contribution in [3.63, 3.8) is 0 Å². The van der Waals surface area contributed by atoms with Gasteiger partial charge in [0.15, 0.2) is 0 Å². The molecule has 1 heterocycles. The highest BCUT2D eigenvalue weighted by Gasteiger charge is 2.03. The van der Waals surface area contributed by atoms with Crippen molar-refractivity contribution in [3.8, 4) is 5.75 Å². The highest BCUT2D eigenvalue weighted by atomic mass is 32.1. The highest BCUT2D eigenvalue weighted by Crippen LogP contribution is 2.17. The van der Waals surface area contributed by atoms with E-state index in [1.54, 1.807) is 18.4 Å². The molecular weight excluding hydrogens is 284 g/mol. The van der Waals surface area contributed by atoms with E-state index in [1.165, 1.54) is 4.88 Å². The summed E-state index contributed by atoms with van der Waals surface area (Å²) in [6, 6.07) is 11.8. The zero-order valence-electron chi connectivity index (χ0n) is 12.1. The number of carbonyl (C=O) groups excluding carboxylic acids is 1. The molecule has 2 N–H and O–H groups in total. The van der Waals surface area contributed by atoms with Gasteiger partial charge in [0.05, 0.1) is 7.11 Å². The topological polar surface area (TPSA) is 50.4 Å². The van der Waals surface area contributed by atoms with E-state index >= 15 is 0 Å². The number of hydrogen-bond donors (Lipinski definition) is 2.